The SMILES string of the molecule is C[C@H](N[C@@H](c1ccc(CO)o1)P(=O)(OCc1ccccc1)OCc1ccccc1)c1ccccc1. The quantitative estimate of drug-likeness (QED) is 0.213. The van der Waals surface area contributed by atoms with Crippen LogP contribution in [0, 0.1) is 0 Å². The van der Waals surface area contributed by atoms with Crippen LogP contribution >= 0.6 is 7.60 Å². The van der Waals surface area contributed by atoms with Gasteiger partial charge in [0.1, 0.15) is 18.1 Å². The van der Waals surface area contributed by atoms with Crippen molar-refractivity contribution < 1.29 is 23.1 Å². The molecule has 0 bridgehead atoms. The molecule has 7 heteroatoms. The summed E-state index contributed by atoms with van der Waals surface area (Å²) in [5.41, 5.74) is 2.77. The maximum atomic E-state index is 14.5. The molecule has 2 N–H and O–H groups in total. The van der Waals surface area contributed by atoms with E-state index in [4.69, 9.17) is 13.5 Å². The van der Waals surface area contributed by atoms with Crippen molar-refractivity contribution in [1.82, 2.24) is 5.32 Å². The fraction of sp³-hybridized carbons (Fsp3) is 0.214. The van der Waals surface area contributed by atoms with Crippen LogP contribution in [0.5, 0.6) is 0 Å². The fourth-order valence-electron chi connectivity index (χ4n) is 3.69. The van der Waals surface area contributed by atoms with Crippen LogP contribution in [0.3, 0.4) is 0 Å². The number of aliphatic hydroxyl groups is 1. The average molecular weight is 492 g/mol. The molecule has 2 atom stereocenters. The highest BCUT2D eigenvalue weighted by molar-refractivity contribution is 7.54. The molecule has 1 heterocycles. The van der Waals surface area contributed by atoms with E-state index in [1.807, 2.05) is 97.9 Å². The van der Waals surface area contributed by atoms with Crippen LogP contribution in [0.25, 0.3) is 0 Å². The lowest BCUT2D eigenvalue weighted by Gasteiger charge is -2.29. The Bertz CT molecular complexity index is 1170. The number of nitrogens with one attached hydrogen (secondary N) is 1. The number of furan rings is 1. The minimum atomic E-state index is -3.84. The number of hydrogen-bond donors (Lipinski definition) is 2. The van der Waals surface area contributed by atoms with Gasteiger partial charge in [-0.05, 0) is 35.7 Å². The van der Waals surface area contributed by atoms with Gasteiger partial charge in [0, 0.05) is 6.04 Å². The summed E-state index contributed by atoms with van der Waals surface area (Å²) >= 11 is 0. The summed E-state index contributed by atoms with van der Waals surface area (Å²) in [5, 5.41) is 13.0. The molecule has 0 unspecified atom stereocenters. The predicted molar refractivity (Wildman–Crippen MR) is 135 cm³/mol. The normalized spacial score (nSPS) is 13.4. The zero-order valence-electron chi connectivity index (χ0n) is 19.6. The summed E-state index contributed by atoms with van der Waals surface area (Å²) in [6, 6.07) is 32.1. The minimum absolute atomic E-state index is 0.109. The zero-order valence-corrected chi connectivity index (χ0v) is 20.5. The molecule has 182 valence electrons. The van der Waals surface area contributed by atoms with Gasteiger partial charge in [-0.3, -0.25) is 9.88 Å². The van der Waals surface area contributed by atoms with Gasteiger partial charge in [-0.2, -0.15) is 0 Å². The van der Waals surface area contributed by atoms with E-state index in [9.17, 15) is 9.67 Å². The first kappa shape index (κ1) is 25.1. The third-order valence-electron chi connectivity index (χ3n) is 5.64. The van der Waals surface area contributed by atoms with E-state index >= 15 is 0 Å². The Balaban J connectivity index is 1.67. The first-order chi connectivity index (χ1) is 17.1. The second-order valence-electron chi connectivity index (χ2n) is 8.22. The summed E-state index contributed by atoms with van der Waals surface area (Å²) in [6.45, 7) is 1.94. The molecule has 0 saturated heterocycles. The summed E-state index contributed by atoms with van der Waals surface area (Å²) in [4.78, 5) is 0. The third kappa shape index (κ3) is 6.79. The van der Waals surface area contributed by atoms with Gasteiger partial charge in [-0.15, -0.1) is 0 Å². The molecule has 35 heavy (non-hydrogen) atoms. The largest absolute Gasteiger partial charge is 0.461 e. The van der Waals surface area contributed by atoms with Crippen molar-refractivity contribution in [2.24, 2.45) is 0 Å². The lowest BCUT2D eigenvalue weighted by Crippen LogP contribution is -2.26. The van der Waals surface area contributed by atoms with Crippen LogP contribution in [0.15, 0.2) is 108 Å². The van der Waals surface area contributed by atoms with Crippen LogP contribution in [-0.4, -0.2) is 5.11 Å². The lowest BCUT2D eigenvalue weighted by atomic mass is 10.1. The Kier molecular flexibility index (Phi) is 8.69. The lowest BCUT2D eigenvalue weighted by molar-refractivity contribution is 0.173. The maximum absolute atomic E-state index is 14.5. The molecular formula is C28H30NO5P. The van der Waals surface area contributed by atoms with Crippen molar-refractivity contribution in [3.8, 4) is 0 Å². The highest BCUT2D eigenvalue weighted by Gasteiger charge is 2.41. The molecule has 0 saturated carbocycles. The molecule has 1 aromatic heterocycles. The van der Waals surface area contributed by atoms with Gasteiger partial charge in [0.25, 0.3) is 0 Å². The molecule has 0 radical (unpaired) electrons. The Hall–Kier alpha value is -2.99. The maximum Gasteiger partial charge on any atom is 0.355 e. The van der Waals surface area contributed by atoms with Gasteiger partial charge in [0.05, 0.1) is 13.2 Å². The highest BCUT2D eigenvalue weighted by Crippen LogP contribution is 2.61. The van der Waals surface area contributed by atoms with Crippen LogP contribution in [-0.2, 0) is 33.4 Å². The molecule has 4 rings (SSSR count). The van der Waals surface area contributed by atoms with Gasteiger partial charge in [0.2, 0.25) is 0 Å². The molecule has 3 aromatic carbocycles. The van der Waals surface area contributed by atoms with E-state index in [0.717, 1.165) is 16.7 Å². The molecule has 6 nitrogen and oxygen atoms in total. The van der Waals surface area contributed by atoms with Crippen molar-refractivity contribution in [2.75, 3.05) is 0 Å². The van der Waals surface area contributed by atoms with Gasteiger partial charge in [0.15, 0.2) is 5.78 Å². The van der Waals surface area contributed by atoms with Crippen LogP contribution < -0.4 is 5.32 Å². The van der Waals surface area contributed by atoms with Gasteiger partial charge < -0.3 is 18.6 Å². The molecule has 0 aliphatic heterocycles. The molecular weight excluding hydrogens is 461 g/mol. The number of hydrogen-bond acceptors (Lipinski definition) is 6. The van der Waals surface area contributed by atoms with Crippen molar-refractivity contribution in [2.45, 2.75) is 38.6 Å². The predicted octanol–water partition coefficient (Wildman–Crippen LogP) is 6.75. The summed E-state index contributed by atoms with van der Waals surface area (Å²) in [7, 11) is -3.84. The average Bonchev–Trinajstić information content (AvgIpc) is 3.40. The highest BCUT2D eigenvalue weighted by atomic mass is 31.2. The van der Waals surface area contributed by atoms with E-state index < -0.39 is 13.4 Å². The van der Waals surface area contributed by atoms with Crippen LogP contribution in [0.2, 0.25) is 0 Å². The fourth-order valence-corrected chi connectivity index (χ4v) is 5.58. The van der Waals surface area contributed by atoms with E-state index in [0.29, 0.717) is 11.5 Å². The summed E-state index contributed by atoms with van der Waals surface area (Å²) in [5.74, 6) is -0.149. The Morgan fingerprint density at radius 1 is 0.800 bits per heavy atom. The number of benzene rings is 3. The Labute approximate surface area is 206 Å². The first-order valence-electron chi connectivity index (χ1n) is 11.5. The van der Waals surface area contributed by atoms with Gasteiger partial charge >= 0.3 is 7.60 Å². The standard InChI is InChI=1S/C28H30NO5P/c1-22(25-15-9-4-10-16-25)29-28(27-18-17-26(19-30)34-27)35(31,32-20-23-11-5-2-6-12-23)33-21-24-13-7-3-8-14-24/h2-18,22,28-30H,19-21H2,1H3/t22-,28+/m0/s1. The Morgan fingerprint density at radius 3 is 1.80 bits per heavy atom. The van der Waals surface area contributed by atoms with Crippen LogP contribution in [0.1, 0.15) is 47.0 Å². The monoisotopic (exact) mass is 491 g/mol. The zero-order chi connectivity index (χ0) is 24.5. The second kappa shape index (κ2) is 12.1. The van der Waals surface area contributed by atoms with Crippen molar-refractivity contribution in [1.29, 1.82) is 0 Å². The Morgan fingerprint density at radius 2 is 1.31 bits per heavy atom. The second-order valence-corrected chi connectivity index (χ2v) is 10.3. The molecule has 0 amide bonds. The van der Waals surface area contributed by atoms with Crippen molar-refractivity contribution in [3.05, 3.63) is 131 Å². The van der Waals surface area contributed by atoms with Crippen molar-refractivity contribution in [3.63, 3.8) is 0 Å². The van der Waals surface area contributed by atoms with Gasteiger partial charge in [-0.25, -0.2) is 0 Å². The van der Waals surface area contributed by atoms with Crippen LogP contribution in [0.4, 0.5) is 0 Å². The molecule has 0 fully saturated rings. The first-order valence-corrected chi connectivity index (χ1v) is 13.2. The van der Waals surface area contributed by atoms with Gasteiger partial charge in [-0.1, -0.05) is 91.0 Å². The number of rotatable bonds is 12. The minimum Gasteiger partial charge on any atom is -0.461 e. The van der Waals surface area contributed by atoms with E-state index in [1.165, 1.54) is 0 Å². The summed E-state index contributed by atoms with van der Waals surface area (Å²) in [6.07, 6.45) is 0. The van der Waals surface area contributed by atoms with Crippen molar-refractivity contribution >= 4 is 7.60 Å². The molecule has 0 aliphatic rings. The molecule has 4 aromatic rings. The van der Waals surface area contributed by atoms with E-state index in [-0.39, 0.29) is 25.9 Å². The topological polar surface area (TPSA) is 80.9 Å². The molecule has 0 aliphatic carbocycles. The number of aliphatic hydroxyl groups excluding tert-OH is 1. The molecule has 0 spiro atoms. The summed E-state index contributed by atoms with van der Waals surface area (Å²) < 4.78 is 32.5. The van der Waals surface area contributed by atoms with E-state index in [1.54, 1.807) is 12.1 Å². The van der Waals surface area contributed by atoms with E-state index in [2.05, 4.69) is 5.32 Å². The third-order valence-corrected chi connectivity index (χ3v) is 7.65. The smallest absolute Gasteiger partial charge is 0.355 e.